The molecule has 2 N–H and O–H groups in total. The third-order valence-electron chi connectivity index (χ3n) is 5.30. The molecule has 26 heavy (non-hydrogen) atoms. The largest absolute Gasteiger partial charge is 0.349 e. The van der Waals surface area contributed by atoms with Gasteiger partial charge in [-0.1, -0.05) is 25.7 Å². The average Bonchev–Trinajstić information content (AvgIpc) is 3.34. The molecule has 0 spiro atoms. The van der Waals surface area contributed by atoms with Crippen molar-refractivity contribution in [3.8, 4) is 0 Å². The van der Waals surface area contributed by atoms with Crippen LogP contribution in [-0.2, 0) is 5.54 Å². The van der Waals surface area contributed by atoms with Gasteiger partial charge in [0.15, 0.2) is 0 Å². The summed E-state index contributed by atoms with van der Waals surface area (Å²) >= 11 is 0. The van der Waals surface area contributed by atoms with Gasteiger partial charge in [0.25, 0.3) is 5.91 Å². The Morgan fingerprint density at radius 3 is 2.35 bits per heavy atom. The maximum absolute atomic E-state index is 12.5. The van der Waals surface area contributed by atoms with E-state index in [1.54, 1.807) is 0 Å². The second-order valence-corrected chi connectivity index (χ2v) is 8.71. The molecule has 0 unspecified atom stereocenters. The van der Waals surface area contributed by atoms with Crippen molar-refractivity contribution in [2.75, 3.05) is 13.1 Å². The monoisotopic (exact) mass is 382 g/mol. The molecule has 1 amide bonds. The number of nitrogens with zero attached hydrogens (tertiary/aromatic N) is 2. The Bertz CT molecular complexity index is 581. The Morgan fingerprint density at radius 1 is 1.12 bits per heavy atom. The third-order valence-corrected chi connectivity index (χ3v) is 5.30. The van der Waals surface area contributed by atoms with Crippen molar-refractivity contribution in [2.45, 2.75) is 89.6 Å². The summed E-state index contributed by atoms with van der Waals surface area (Å²) in [5.74, 6) is 0.540. The molecule has 3 rings (SSSR count). The van der Waals surface area contributed by atoms with E-state index in [4.69, 9.17) is 0 Å². The van der Waals surface area contributed by atoms with E-state index in [0.29, 0.717) is 24.2 Å². The molecule has 0 radical (unpaired) electrons. The summed E-state index contributed by atoms with van der Waals surface area (Å²) in [6.07, 6.45) is 10.4. The Labute approximate surface area is 164 Å². The first-order valence-corrected chi connectivity index (χ1v) is 10.1. The summed E-state index contributed by atoms with van der Waals surface area (Å²) in [7, 11) is 0. The zero-order valence-electron chi connectivity index (χ0n) is 16.5. The van der Waals surface area contributed by atoms with Gasteiger partial charge in [-0.2, -0.15) is 5.10 Å². The Kier molecular flexibility index (Phi) is 7.53. The van der Waals surface area contributed by atoms with Crippen molar-refractivity contribution in [3.05, 3.63) is 17.5 Å². The van der Waals surface area contributed by atoms with Crippen LogP contribution in [0.1, 0.15) is 94.2 Å². The van der Waals surface area contributed by atoms with Crippen LogP contribution in [-0.4, -0.2) is 34.8 Å². The fourth-order valence-corrected chi connectivity index (χ4v) is 3.74. The van der Waals surface area contributed by atoms with Gasteiger partial charge in [-0.15, -0.1) is 12.4 Å². The number of carbonyl (C=O) groups excluding carboxylic acids is 1. The predicted molar refractivity (Wildman–Crippen MR) is 108 cm³/mol. The summed E-state index contributed by atoms with van der Waals surface area (Å²) in [5.41, 5.74) is 1.69. The van der Waals surface area contributed by atoms with Crippen molar-refractivity contribution in [1.82, 2.24) is 20.4 Å². The molecule has 0 aromatic carbocycles. The number of nitrogens with one attached hydrogen (secondary N) is 2. The molecule has 0 aliphatic heterocycles. The first-order chi connectivity index (χ1) is 11.9. The molecule has 2 aliphatic carbocycles. The first kappa shape index (κ1) is 21.2. The van der Waals surface area contributed by atoms with Crippen LogP contribution in [0.2, 0.25) is 0 Å². The van der Waals surface area contributed by atoms with E-state index in [0.717, 1.165) is 6.54 Å². The minimum atomic E-state index is -0.0858. The van der Waals surface area contributed by atoms with Gasteiger partial charge in [-0.3, -0.25) is 9.48 Å². The second-order valence-electron chi connectivity index (χ2n) is 8.71. The number of aromatic nitrogens is 2. The molecule has 2 saturated carbocycles. The van der Waals surface area contributed by atoms with Crippen molar-refractivity contribution in [2.24, 2.45) is 0 Å². The van der Waals surface area contributed by atoms with Gasteiger partial charge in [0.05, 0.1) is 5.54 Å². The topological polar surface area (TPSA) is 59.0 Å². The van der Waals surface area contributed by atoms with Gasteiger partial charge < -0.3 is 10.6 Å². The molecule has 1 aromatic rings. The third kappa shape index (κ3) is 5.71. The van der Waals surface area contributed by atoms with E-state index in [1.807, 2.05) is 10.7 Å². The van der Waals surface area contributed by atoms with Crippen LogP contribution >= 0.6 is 12.4 Å². The van der Waals surface area contributed by atoms with E-state index in [9.17, 15) is 4.79 Å². The summed E-state index contributed by atoms with van der Waals surface area (Å²) in [4.78, 5) is 12.5. The quantitative estimate of drug-likeness (QED) is 0.577. The Hall–Kier alpha value is -1.07. The van der Waals surface area contributed by atoms with E-state index in [1.165, 1.54) is 57.1 Å². The smallest absolute Gasteiger partial charge is 0.271 e. The van der Waals surface area contributed by atoms with Crippen LogP contribution in [0, 0.1) is 0 Å². The highest BCUT2D eigenvalue weighted by molar-refractivity contribution is 5.92. The second kappa shape index (κ2) is 9.23. The molecular weight excluding hydrogens is 348 g/mol. The first-order valence-electron chi connectivity index (χ1n) is 10.1. The van der Waals surface area contributed by atoms with Gasteiger partial charge >= 0.3 is 0 Å². The number of hydrogen-bond acceptors (Lipinski definition) is 3. The number of carbonyl (C=O) groups is 1. The lowest BCUT2D eigenvalue weighted by molar-refractivity contribution is 0.0947. The van der Waals surface area contributed by atoms with Crippen LogP contribution in [0.25, 0.3) is 0 Å². The molecular formula is C20H35ClN4O. The minimum Gasteiger partial charge on any atom is -0.349 e. The molecule has 0 saturated heterocycles. The van der Waals surface area contributed by atoms with Crippen molar-refractivity contribution < 1.29 is 4.79 Å². The van der Waals surface area contributed by atoms with Crippen molar-refractivity contribution in [1.29, 1.82) is 0 Å². The van der Waals surface area contributed by atoms with E-state index in [-0.39, 0.29) is 23.9 Å². The molecule has 1 aromatic heterocycles. The predicted octanol–water partition coefficient (Wildman–Crippen LogP) is 3.98. The maximum atomic E-state index is 12.5. The standard InChI is InChI=1S/C20H34N4O.ClH/c1-20(2,3)24-18(15-10-11-15)14-17(23-24)19(25)22-13-12-21-16-8-6-4-5-7-9-16;/h14-16,21H,4-13H2,1-3H3,(H,22,25);1H. The van der Waals surface area contributed by atoms with E-state index >= 15 is 0 Å². The zero-order chi connectivity index (χ0) is 17.9. The number of rotatable bonds is 6. The highest BCUT2D eigenvalue weighted by atomic mass is 35.5. The number of hydrogen-bond donors (Lipinski definition) is 2. The van der Waals surface area contributed by atoms with Crippen LogP contribution in [0.3, 0.4) is 0 Å². The Morgan fingerprint density at radius 2 is 1.77 bits per heavy atom. The molecule has 2 aliphatic rings. The average molecular weight is 383 g/mol. The summed E-state index contributed by atoms with van der Waals surface area (Å²) in [6, 6.07) is 2.62. The van der Waals surface area contributed by atoms with Crippen LogP contribution < -0.4 is 10.6 Å². The highest BCUT2D eigenvalue weighted by Gasteiger charge is 2.32. The molecule has 5 nitrogen and oxygen atoms in total. The highest BCUT2D eigenvalue weighted by Crippen LogP contribution is 2.41. The summed E-state index contributed by atoms with van der Waals surface area (Å²) < 4.78 is 2.04. The van der Waals surface area contributed by atoms with Crippen molar-refractivity contribution >= 4 is 18.3 Å². The zero-order valence-corrected chi connectivity index (χ0v) is 17.3. The summed E-state index contributed by atoms with van der Waals surface area (Å²) in [6.45, 7) is 7.93. The number of amides is 1. The molecule has 2 fully saturated rings. The molecule has 0 atom stereocenters. The fourth-order valence-electron chi connectivity index (χ4n) is 3.74. The van der Waals surface area contributed by atoms with Gasteiger partial charge in [-0.25, -0.2) is 0 Å². The molecule has 0 bridgehead atoms. The lowest BCUT2D eigenvalue weighted by atomic mass is 10.1. The SMILES string of the molecule is CC(C)(C)n1nc(C(=O)NCCNC2CCCCCC2)cc1C1CC1.Cl. The van der Waals surface area contributed by atoms with E-state index < -0.39 is 0 Å². The van der Waals surface area contributed by atoms with Gasteiger partial charge in [0.2, 0.25) is 0 Å². The van der Waals surface area contributed by atoms with Crippen LogP contribution in [0.5, 0.6) is 0 Å². The van der Waals surface area contributed by atoms with Crippen molar-refractivity contribution in [3.63, 3.8) is 0 Å². The molecule has 1 heterocycles. The van der Waals surface area contributed by atoms with E-state index in [2.05, 4.69) is 36.5 Å². The summed E-state index contributed by atoms with van der Waals surface area (Å²) in [5, 5.41) is 11.2. The lowest BCUT2D eigenvalue weighted by Gasteiger charge is -2.22. The lowest BCUT2D eigenvalue weighted by Crippen LogP contribution is -2.37. The van der Waals surface area contributed by atoms with Crippen LogP contribution in [0.15, 0.2) is 6.07 Å². The fraction of sp³-hybridized carbons (Fsp3) is 0.800. The Balaban J connectivity index is 0.00000243. The minimum absolute atomic E-state index is 0. The molecule has 148 valence electrons. The van der Waals surface area contributed by atoms with Crippen LogP contribution in [0.4, 0.5) is 0 Å². The molecule has 6 heteroatoms. The normalized spacial score (nSPS) is 18.9. The van der Waals surface area contributed by atoms with Gasteiger partial charge in [0, 0.05) is 30.7 Å². The van der Waals surface area contributed by atoms with Gasteiger partial charge in [0.1, 0.15) is 5.69 Å². The maximum Gasteiger partial charge on any atom is 0.271 e. The number of halogens is 1. The van der Waals surface area contributed by atoms with Gasteiger partial charge in [-0.05, 0) is 52.5 Å².